The summed E-state index contributed by atoms with van der Waals surface area (Å²) in [5.74, 6) is -0.856. The van der Waals surface area contributed by atoms with Crippen LogP contribution in [0.1, 0.15) is 11.1 Å². The van der Waals surface area contributed by atoms with Crippen LogP contribution in [0, 0.1) is 10.1 Å². The van der Waals surface area contributed by atoms with Crippen LogP contribution in [0.5, 0.6) is 11.5 Å². The van der Waals surface area contributed by atoms with E-state index in [1.54, 1.807) is 0 Å². The third kappa shape index (κ3) is 6.90. The Kier molecular flexibility index (Phi) is 7.86. The molecule has 7 nitrogen and oxygen atoms in total. The van der Waals surface area contributed by atoms with Gasteiger partial charge in [-0.3, -0.25) is 14.9 Å². The summed E-state index contributed by atoms with van der Waals surface area (Å²) < 4.78 is 34.6. The maximum Gasteiger partial charge on any atom is 0.796 e. The van der Waals surface area contributed by atoms with Crippen molar-refractivity contribution in [3.8, 4) is 11.5 Å². The second kappa shape index (κ2) is 10.6. The van der Waals surface area contributed by atoms with Crippen molar-refractivity contribution < 1.29 is 32.8 Å². The average molecular weight is 415 g/mol. The van der Waals surface area contributed by atoms with E-state index >= 15 is 0 Å². The number of ketones is 1. The van der Waals surface area contributed by atoms with E-state index in [9.17, 15) is 28.6 Å². The number of allylic oxidation sites excluding steroid dienone is 3. The number of hydrogen-bond donors (Lipinski definition) is 1. The Morgan fingerprint density at radius 2 is 1.73 bits per heavy atom. The van der Waals surface area contributed by atoms with Crippen LogP contribution in [0.3, 0.4) is 0 Å². The quantitative estimate of drug-likeness (QED) is 0.163. The van der Waals surface area contributed by atoms with Crippen molar-refractivity contribution in [3.63, 3.8) is 0 Å². The number of phenols is 1. The van der Waals surface area contributed by atoms with Gasteiger partial charge in [0, 0.05) is 18.2 Å². The number of aromatic hydroxyl groups is 1. The predicted molar refractivity (Wildman–Crippen MR) is 108 cm³/mol. The van der Waals surface area contributed by atoms with Crippen LogP contribution in [0.15, 0.2) is 66.5 Å². The molecule has 0 spiro atoms. The summed E-state index contributed by atoms with van der Waals surface area (Å²) in [7, 11) is -1.77. The number of benzene rings is 2. The van der Waals surface area contributed by atoms with E-state index in [0.717, 1.165) is 18.2 Å². The molecule has 0 amide bonds. The molecular weight excluding hydrogens is 399 g/mol. The topological polar surface area (TPSA) is 98.9 Å². The van der Waals surface area contributed by atoms with E-state index in [1.165, 1.54) is 61.7 Å². The van der Waals surface area contributed by atoms with E-state index in [2.05, 4.69) is 4.65 Å². The van der Waals surface area contributed by atoms with Crippen molar-refractivity contribution in [3.05, 3.63) is 87.7 Å². The lowest BCUT2D eigenvalue weighted by molar-refractivity contribution is -0.384. The van der Waals surface area contributed by atoms with Crippen molar-refractivity contribution in [1.82, 2.24) is 0 Å². The zero-order valence-electron chi connectivity index (χ0n) is 15.7. The van der Waals surface area contributed by atoms with Crippen molar-refractivity contribution in [2.45, 2.75) is 0 Å². The summed E-state index contributed by atoms with van der Waals surface area (Å²) in [6.45, 7) is 0. The summed E-state index contributed by atoms with van der Waals surface area (Å²) in [4.78, 5) is 22.2. The molecule has 0 aliphatic carbocycles. The number of ether oxygens (including phenoxy) is 1. The minimum absolute atomic E-state index is 0.0649. The molecule has 0 radical (unpaired) electrons. The Morgan fingerprint density at radius 1 is 1.10 bits per heavy atom. The van der Waals surface area contributed by atoms with Crippen LogP contribution in [0.25, 0.3) is 12.2 Å². The molecule has 0 atom stereocenters. The second-order valence-corrected chi connectivity index (χ2v) is 5.77. The fraction of sp³-hybridized carbons (Fsp3) is 0.0500. The molecule has 2 rings (SSSR count). The largest absolute Gasteiger partial charge is 0.796 e. The molecule has 0 heterocycles. The number of methoxy groups -OCH3 is 1. The van der Waals surface area contributed by atoms with Gasteiger partial charge < -0.3 is 14.5 Å². The molecule has 2 aromatic rings. The number of halogens is 2. The standard InChI is InChI=1S/C20H16BF2NO6/c1-29-20-12-15(6-11-19(20)26)4-9-17(25)13-18(30-21(22)23)10-5-14-2-7-16(8-3-14)24(27)28/h2-13,26H,1H3/b9-4+,10-5+,18-13-. The lowest BCUT2D eigenvalue weighted by Gasteiger charge is -2.04. The van der Waals surface area contributed by atoms with Crippen molar-refractivity contribution in [2.24, 2.45) is 0 Å². The van der Waals surface area contributed by atoms with Crippen LogP contribution in [0.2, 0.25) is 0 Å². The van der Waals surface area contributed by atoms with Gasteiger partial charge in [0.05, 0.1) is 12.0 Å². The van der Waals surface area contributed by atoms with E-state index in [0.29, 0.717) is 11.1 Å². The molecule has 0 aliphatic heterocycles. The zero-order valence-corrected chi connectivity index (χ0v) is 15.7. The monoisotopic (exact) mass is 415 g/mol. The van der Waals surface area contributed by atoms with Gasteiger partial charge >= 0.3 is 7.47 Å². The Morgan fingerprint density at radius 3 is 2.33 bits per heavy atom. The Bertz CT molecular complexity index is 1000. The first-order valence-corrected chi connectivity index (χ1v) is 8.46. The molecule has 0 aromatic heterocycles. The first-order valence-electron chi connectivity index (χ1n) is 8.46. The molecule has 1 N–H and O–H groups in total. The first-order chi connectivity index (χ1) is 14.3. The Hall–Kier alpha value is -3.95. The molecular formula is C20H16BF2NO6. The molecule has 0 saturated carbocycles. The van der Waals surface area contributed by atoms with E-state index in [-0.39, 0.29) is 22.9 Å². The molecule has 154 valence electrons. The fourth-order valence-electron chi connectivity index (χ4n) is 2.27. The van der Waals surface area contributed by atoms with Crippen LogP contribution in [0.4, 0.5) is 14.3 Å². The van der Waals surface area contributed by atoms with E-state index < -0.39 is 18.2 Å². The number of non-ortho nitro benzene ring substituents is 1. The number of carbonyl (C=O) groups is 1. The van der Waals surface area contributed by atoms with Gasteiger partial charge in [0.25, 0.3) is 5.69 Å². The highest BCUT2D eigenvalue weighted by atomic mass is 19.2. The highest BCUT2D eigenvalue weighted by molar-refractivity contribution is 6.35. The highest BCUT2D eigenvalue weighted by Crippen LogP contribution is 2.26. The van der Waals surface area contributed by atoms with Crippen LogP contribution >= 0.6 is 0 Å². The van der Waals surface area contributed by atoms with Gasteiger partial charge in [-0.1, -0.05) is 18.2 Å². The van der Waals surface area contributed by atoms with Gasteiger partial charge in [-0.2, -0.15) is 0 Å². The molecule has 0 bridgehead atoms. The summed E-state index contributed by atoms with van der Waals surface area (Å²) in [6, 6.07) is 9.79. The van der Waals surface area contributed by atoms with Gasteiger partial charge in [0.1, 0.15) is 5.76 Å². The molecule has 0 saturated heterocycles. The number of nitrogens with zero attached hydrogens (tertiary/aromatic N) is 1. The maximum atomic E-state index is 12.6. The Labute approximate surface area is 170 Å². The maximum absolute atomic E-state index is 12.6. The highest BCUT2D eigenvalue weighted by Gasteiger charge is 2.18. The van der Waals surface area contributed by atoms with Gasteiger partial charge in [-0.15, -0.1) is 0 Å². The molecule has 0 aliphatic rings. The predicted octanol–water partition coefficient (Wildman–Crippen LogP) is 4.43. The fourth-order valence-corrected chi connectivity index (χ4v) is 2.27. The molecule has 0 fully saturated rings. The van der Waals surface area contributed by atoms with Crippen LogP contribution in [-0.2, 0) is 9.45 Å². The van der Waals surface area contributed by atoms with E-state index in [1.807, 2.05) is 0 Å². The second-order valence-electron chi connectivity index (χ2n) is 5.77. The minimum atomic E-state index is -3.14. The lowest BCUT2D eigenvalue weighted by Crippen LogP contribution is -2.04. The number of nitro groups is 1. The molecule has 0 unspecified atom stereocenters. The molecule has 10 heteroatoms. The normalized spacial score (nSPS) is 11.6. The van der Waals surface area contributed by atoms with Gasteiger partial charge in [0.2, 0.25) is 0 Å². The molecule has 2 aromatic carbocycles. The third-order valence-corrected chi connectivity index (χ3v) is 3.70. The average Bonchev–Trinajstić information content (AvgIpc) is 2.71. The number of phenolic OH excluding ortho intramolecular Hbond substituents is 1. The van der Waals surface area contributed by atoms with Crippen LogP contribution in [-0.4, -0.2) is 30.4 Å². The smallest absolute Gasteiger partial charge is 0.505 e. The lowest BCUT2D eigenvalue weighted by atomic mass is 10.1. The number of nitro benzene ring substituents is 1. The van der Waals surface area contributed by atoms with Crippen LogP contribution < -0.4 is 4.74 Å². The van der Waals surface area contributed by atoms with Gasteiger partial charge in [-0.05, 0) is 47.5 Å². The first kappa shape index (κ1) is 22.3. The summed E-state index contributed by atoms with van der Waals surface area (Å²) in [5, 5.41) is 20.2. The minimum Gasteiger partial charge on any atom is -0.505 e. The third-order valence-electron chi connectivity index (χ3n) is 3.70. The van der Waals surface area contributed by atoms with Gasteiger partial charge in [0.15, 0.2) is 17.3 Å². The summed E-state index contributed by atoms with van der Waals surface area (Å²) >= 11 is 0. The SMILES string of the molecule is COc1cc(/C=C/C(=O)/C=C(/C=C/c2ccc([N+](=O)[O-])cc2)OB(F)F)ccc1O. The number of hydrogen-bond acceptors (Lipinski definition) is 6. The Balaban J connectivity index is 2.16. The van der Waals surface area contributed by atoms with Gasteiger partial charge in [-0.25, -0.2) is 8.63 Å². The summed E-state index contributed by atoms with van der Waals surface area (Å²) in [5.41, 5.74) is 0.922. The van der Waals surface area contributed by atoms with Crippen molar-refractivity contribution >= 4 is 31.1 Å². The molecule has 30 heavy (non-hydrogen) atoms. The van der Waals surface area contributed by atoms with E-state index in [4.69, 9.17) is 4.74 Å². The summed E-state index contributed by atoms with van der Waals surface area (Å²) in [6.07, 6.45) is 5.96. The number of carbonyl (C=O) groups excluding carboxylic acids is 1. The zero-order chi connectivity index (χ0) is 22.1. The van der Waals surface area contributed by atoms with Crippen molar-refractivity contribution in [2.75, 3.05) is 7.11 Å². The van der Waals surface area contributed by atoms with Crippen molar-refractivity contribution in [1.29, 1.82) is 0 Å². The number of rotatable bonds is 9.